The molecule has 3 N–H and O–H groups in total. The van der Waals surface area contributed by atoms with Gasteiger partial charge in [0.2, 0.25) is 0 Å². The second-order valence-corrected chi connectivity index (χ2v) is 5.23. The Morgan fingerprint density at radius 3 is 2.73 bits per heavy atom. The summed E-state index contributed by atoms with van der Waals surface area (Å²) >= 11 is 0. The summed E-state index contributed by atoms with van der Waals surface area (Å²) in [6.07, 6.45) is 4.68. The fraction of sp³-hybridized carbons (Fsp3) is 0.533. The number of nitrogens with zero attached hydrogens (tertiary/aromatic N) is 3. The first-order chi connectivity index (χ1) is 10.6. The molecule has 0 bridgehead atoms. The number of nitrogens with one attached hydrogen (secondary N) is 2. The third kappa shape index (κ3) is 7.70. The number of hydrogen-bond acceptors (Lipinski definition) is 6. The number of carbonyl (C=O) groups excluding carboxylic acids is 1. The van der Waals surface area contributed by atoms with E-state index >= 15 is 0 Å². The smallest absolute Gasteiger partial charge is 0.252 e. The van der Waals surface area contributed by atoms with Gasteiger partial charge in [-0.25, -0.2) is 0 Å². The van der Waals surface area contributed by atoms with Crippen LogP contribution < -0.4 is 10.6 Å². The van der Waals surface area contributed by atoms with Gasteiger partial charge in [0.15, 0.2) is 0 Å². The second kappa shape index (κ2) is 10.7. The highest BCUT2D eigenvalue weighted by Gasteiger charge is 2.04. The van der Waals surface area contributed by atoms with Crippen LogP contribution in [0.15, 0.2) is 23.5 Å². The van der Waals surface area contributed by atoms with Gasteiger partial charge in [-0.15, -0.1) is 0 Å². The molecule has 1 amide bonds. The zero-order valence-corrected chi connectivity index (χ0v) is 13.2. The molecule has 0 saturated carbocycles. The lowest BCUT2D eigenvalue weighted by molar-refractivity contribution is 0.0953. The van der Waals surface area contributed by atoms with Crippen LogP contribution in [0.25, 0.3) is 0 Å². The number of carbonyl (C=O) groups is 1. The van der Waals surface area contributed by atoms with E-state index in [1.807, 2.05) is 0 Å². The lowest BCUT2D eigenvalue weighted by atomic mass is 10.2. The summed E-state index contributed by atoms with van der Waals surface area (Å²) in [6.45, 7) is 3.58. The summed E-state index contributed by atoms with van der Waals surface area (Å²) in [5, 5.41) is 17.5. The summed E-state index contributed by atoms with van der Waals surface area (Å²) < 4.78 is 0. The molecule has 7 heteroatoms. The maximum absolute atomic E-state index is 11.9. The molecule has 1 aromatic rings. The van der Waals surface area contributed by atoms with Crippen molar-refractivity contribution in [3.8, 4) is 0 Å². The van der Waals surface area contributed by atoms with E-state index in [0.717, 1.165) is 32.5 Å². The lowest BCUT2D eigenvalue weighted by Gasteiger charge is -2.10. The molecule has 0 atom stereocenters. The molecule has 0 unspecified atom stereocenters. The Hall–Kier alpha value is -1.99. The summed E-state index contributed by atoms with van der Waals surface area (Å²) in [5.41, 5.74) is 0.995. The van der Waals surface area contributed by atoms with Gasteiger partial charge >= 0.3 is 0 Å². The molecule has 122 valence electrons. The summed E-state index contributed by atoms with van der Waals surface area (Å²) in [5.74, 6) is -0.146. The Balaban J connectivity index is 2.13. The van der Waals surface area contributed by atoms with Gasteiger partial charge in [0.25, 0.3) is 5.91 Å². The van der Waals surface area contributed by atoms with Gasteiger partial charge in [0.05, 0.1) is 17.5 Å². The Labute approximate surface area is 131 Å². The van der Waals surface area contributed by atoms with Crippen LogP contribution in [0, 0.1) is 0 Å². The average molecular weight is 307 g/mol. The molecule has 1 aromatic heterocycles. The summed E-state index contributed by atoms with van der Waals surface area (Å²) in [7, 11) is 4.13. The Morgan fingerprint density at radius 1 is 1.32 bits per heavy atom. The highest BCUT2D eigenvalue weighted by atomic mass is 16.4. The van der Waals surface area contributed by atoms with Gasteiger partial charge in [-0.2, -0.15) is 0 Å². The zero-order valence-electron chi connectivity index (χ0n) is 13.2. The molecule has 0 fully saturated rings. The maximum Gasteiger partial charge on any atom is 0.252 e. The predicted molar refractivity (Wildman–Crippen MR) is 86.6 cm³/mol. The Kier molecular flexibility index (Phi) is 8.78. The van der Waals surface area contributed by atoms with E-state index < -0.39 is 0 Å². The topological polar surface area (TPSA) is 89.8 Å². The van der Waals surface area contributed by atoms with Crippen LogP contribution in [0.1, 0.15) is 28.9 Å². The van der Waals surface area contributed by atoms with Gasteiger partial charge in [-0.05, 0) is 58.7 Å². The highest BCUT2D eigenvalue weighted by Crippen LogP contribution is 1.98. The van der Waals surface area contributed by atoms with Crippen molar-refractivity contribution in [2.45, 2.75) is 12.8 Å². The van der Waals surface area contributed by atoms with Gasteiger partial charge < -0.3 is 20.7 Å². The molecule has 0 aliphatic heterocycles. The Morgan fingerprint density at radius 2 is 2.09 bits per heavy atom. The zero-order chi connectivity index (χ0) is 16.2. The van der Waals surface area contributed by atoms with Crippen LogP contribution in [0.5, 0.6) is 0 Å². The van der Waals surface area contributed by atoms with Gasteiger partial charge in [-0.1, -0.05) is 5.16 Å². The molecule has 0 spiro atoms. The van der Waals surface area contributed by atoms with Gasteiger partial charge in [-0.3, -0.25) is 9.78 Å². The minimum Gasteiger partial charge on any atom is -0.411 e. The SMILES string of the molecule is CN(C)CCCNCCCNC(=O)c1ccc(C=NO)nc1. The molecule has 1 rings (SSSR count). The van der Waals surface area contributed by atoms with E-state index in [4.69, 9.17) is 5.21 Å². The van der Waals surface area contributed by atoms with Crippen molar-refractivity contribution in [2.24, 2.45) is 5.16 Å². The molecule has 0 aliphatic rings. The van der Waals surface area contributed by atoms with Crippen LogP contribution in [0.3, 0.4) is 0 Å². The first-order valence-electron chi connectivity index (χ1n) is 7.40. The number of hydrogen-bond donors (Lipinski definition) is 3. The van der Waals surface area contributed by atoms with Crippen molar-refractivity contribution < 1.29 is 10.0 Å². The largest absolute Gasteiger partial charge is 0.411 e. The minimum absolute atomic E-state index is 0.146. The quantitative estimate of drug-likeness (QED) is 0.254. The number of amides is 1. The van der Waals surface area contributed by atoms with E-state index in [-0.39, 0.29) is 5.91 Å². The molecular formula is C15H25N5O2. The van der Waals surface area contributed by atoms with Crippen molar-refractivity contribution >= 4 is 12.1 Å². The second-order valence-electron chi connectivity index (χ2n) is 5.23. The fourth-order valence-corrected chi connectivity index (χ4v) is 1.84. The first kappa shape index (κ1) is 18.1. The predicted octanol–water partition coefficient (Wildman–Crippen LogP) is 0.551. The van der Waals surface area contributed by atoms with E-state index in [2.05, 4.69) is 39.8 Å². The van der Waals surface area contributed by atoms with Crippen LogP contribution in [-0.4, -0.2) is 67.5 Å². The molecular weight excluding hydrogens is 282 g/mol. The number of pyridine rings is 1. The van der Waals surface area contributed by atoms with Gasteiger partial charge in [0, 0.05) is 12.7 Å². The monoisotopic (exact) mass is 307 g/mol. The number of rotatable bonds is 10. The van der Waals surface area contributed by atoms with Crippen LogP contribution in [-0.2, 0) is 0 Å². The summed E-state index contributed by atoms with van der Waals surface area (Å²) in [6, 6.07) is 3.28. The van der Waals surface area contributed by atoms with Crippen molar-refractivity contribution in [2.75, 3.05) is 40.3 Å². The minimum atomic E-state index is -0.146. The molecule has 7 nitrogen and oxygen atoms in total. The molecule has 0 saturated heterocycles. The standard InChI is InChI=1S/C15H25N5O2/c1-20(2)10-4-8-16-7-3-9-17-15(21)13-5-6-14(12-19-22)18-11-13/h5-6,11-12,16,22H,3-4,7-10H2,1-2H3,(H,17,21). The van der Waals surface area contributed by atoms with Crippen LogP contribution in [0.4, 0.5) is 0 Å². The third-order valence-corrected chi connectivity index (χ3v) is 3.01. The van der Waals surface area contributed by atoms with Crippen LogP contribution in [0.2, 0.25) is 0 Å². The van der Waals surface area contributed by atoms with Crippen molar-refractivity contribution in [1.82, 2.24) is 20.5 Å². The van der Waals surface area contributed by atoms with Crippen molar-refractivity contribution in [1.29, 1.82) is 0 Å². The molecule has 0 aromatic carbocycles. The average Bonchev–Trinajstić information content (AvgIpc) is 2.50. The number of aromatic nitrogens is 1. The van der Waals surface area contributed by atoms with Crippen molar-refractivity contribution in [3.63, 3.8) is 0 Å². The molecule has 1 heterocycles. The van der Waals surface area contributed by atoms with E-state index in [1.165, 1.54) is 12.4 Å². The van der Waals surface area contributed by atoms with Crippen LogP contribution >= 0.6 is 0 Å². The molecule has 22 heavy (non-hydrogen) atoms. The normalized spacial score (nSPS) is 11.2. The lowest BCUT2D eigenvalue weighted by Crippen LogP contribution is -2.28. The third-order valence-electron chi connectivity index (χ3n) is 3.01. The summed E-state index contributed by atoms with van der Waals surface area (Å²) in [4.78, 5) is 18.0. The van der Waals surface area contributed by atoms with E-state index in [0.29, 0.717) is 17.8 Å². The van der Waals surface area contributed by atoms with E-state index in [9.17, 15) is 4.79 Å². The van der Waals surface area contributed by atoms with E-state index in [1.54, 1.807) is 12.1 Å². The first-order valence-corrected chi connectivity index (χ1v) is 7.40. The fourth-order valence-electron chi connectivity index (χ4n) is 1.84. The Bertz CT molecular complexity index is 460. The van der Waals surface area contributed by atoms with Crippen molar-refractivity contribution in [3.05, 3.63) is 29.6 Å². The molecule has 0 radical (unpaired) electrons. The van der Waals surface area contributed by atoms with Gasteiger partial charge in [0.1, 0.15) is 0 Å². The maximum atomic E-state index is 11.9. The highest BCUT2D eigenvalue weighted by molar-refractivity contribution is 5.94. The molecule has 0 aliphatic carbocycles. The number of oxime groups is 1.